The second kappa shape index (κ2) is 10.1. The number of carbonyl (C=O) groups is 2. The van der Waals surface area contributed by atoms with Crippen LogP contribution in [0.25, 0.3) is 10.9 Å². The Labute approximate surface area is 187 Å². The van der Waals surface area contributed by atoms with Crippen molar-refractivity contribution in [2.75, 3.05) is 26.7 Å². The first-order valence-electron chi connectivity index (χ1n) is 11.0. The maximum atomic E-state index is 13.1. The van der Waals surface area contributed by atoms with Gasteiger partial charge in [-0.1, -0.05) is 24.3 Å². The van der Waals surface area contributed by atoms with E-state index in [0.29, 0.717) is 23.8 Å². The van der Waals surface area contributed by atoms with Gasteiger partial charge in [0, 0.05) is 30.1 Å². The molecule has 164 valence electrons. The fourth-order valence-electron chi connectivity index (χ4n) is 4.24. The topological polar surface area (TPSA) is 77.2 Å². The average molecular weight is 439 g/mol. The molecular formula is C24H30N4O2S. The fraction of sp³-hybridized carbons (Fsp3) is 0.417. The molecule has 4 rings (SSSR count). The van der Waals surface area contributed by atoms with E-state index in [1.165, 1.54) is 24.2 Å². The van der Waals surface area contributed by atoms with Crippen LogP contribution in [-0.2, 0) is 11.2 Å². The molecule has 0 radical (unpaired) electrons. The zero-order chi connectivity index (χ0) is 21.6. The van der Waals surface area contributed by atoms with E-state index < -0.39 is 6.04 Å². The van der Waals surface area contributed by atoms with Crippen molar-refractivity contribution in [2.45, 2.75) is 31.7 Å². The van der Waals surface area contributed by atoms with Crippen LogP contribution in [0, 0.1) is 5.92 Å². The van der Waals surface area contributed by atoms with E-state index in [1.54, 1.807) is 6.07 Å². The Balaban J connectivity index is 1.41. The molecule has 31 heavy (non-hydrogen) atoms. The van der Waals surface area contributed by atoms with Crippen LogP contribution in [0.15, 0.2) is 48.0 Å². The number of fused-ring (bicyclic) bond motifs is 1. The van der Waals surface area contributed by atoms with Crippen LogP contribution < -0.4 is 10.6 Å². The smallest absolute Gasteiger partial charge is 0.262 e. The number of likely N-dealkylation sites (tertiary alicyclic amines) is 1. The number of thiophene rings is 1. The number of hydrogen-bond acceptors (Lipinski definition) is 4. The molecule has 7 heteroatoms. The number of piperidine rings is 1. The third-order valence-electron chi connectivity index (χ3n) is 6.16. The second-order valence-electron chi connectivity index (χ2n) is 8.39. The highest BCUT2D eigenvalue weighted by Crippen LogP contribution is 2.20. The van der Waals surface area contributed by atoms with Crippen molar-refractivity contribution >= 4 is 34.1 Å². The molecule has 1 aromatic carbocycles. The fourth-order valence-corrected chi connectivity index (χ4v) is 4.87. The third-order valence-corrected chi connectivity index (χ3v) is 7.02. The third kappa shape index (κ3) is 5.54. The van der Waals surface area contributed by atoms with E-state index >= 15 is 0 Å². The molecule has 0 spiro atoms. The zero-order valence-electron chi connectivity index (χ0n) is 17.9. The molecule has 3 heterocycles. The summed E-state index contributed by atoms with van der Waals surface area (Å²) < 4.78 is 0. The standard InChI is InChI=1S/C24H30N4O2S/c1-28-12-9-17(10-13-28)8-11-25-23(29)21(27-24(30)22-7-4-14-31-22)15-18-16-26-20-6-3-2-5-19(18)20/h2-7,14,16-17,21,26H,8-13,15H2,1H3,(H,25,29)(H,27,30). The van der Waals surface area contributed by atoms with Gasteiger partial charge in [0.2, 0.25) is 5.91 Å². The van der Waals surface area contributed by atoms with Gasteiger partial charge >= 0.3 is 0 Å². The van der Waals surface area contributed by atoms with Crippen molar-refractivity contribution in [1.29, 1.82) is 0 Å². The number of nitrogens with zero attached hydrogens (tertiary/aromatic N) is 1. The van der Waals surface area contributed by atoms with Crippen LogP contribution in [0.3, 0.4) is 0 Å². The number of amides is 2. The van der Waals surface area contributed by atoms with Gasteiger partial charge in [-0.3, -0.25) is 9.59 Å². The van der Waals surface area contributed by atoms with E-state index in [1.807, 2.05) is 41.9 Å². The molecule has 3 aromatic rings. The van der Waals surface area contributed by atoms with Gasteiger partial charge in [-0.25, -0.2) is 0 Å². The molecule has 0 saturated carbocycles. The van der Waals surface area contributed by atoms with Gasteiger partial charge in [0.15, 0.2) is 0 Å². The highest BCUT2D eigenvalue weighted by molar-refractivity contribution is 7.12. The quantitative estimate of drug-likeness (QED) is 0.504. The first-order chi connectivity index (χ1) is 15.1. The first-order valence-corrected chi connectivity index (χ1v) is 11.8. The van der Waals surface area contributed by atoms with E-state index in [-0.39, 0.29) is 11.8 Å². The zero-order valence-corrected chi connectivity index (χ0v) is 18.7. The minimum absolute atomic E-state index is 0.122. The summed E-state index contributed by atoms with van der Waals surface area (Å²) in [4.78, 5) is 32.0. The summed E-state index contributed by atoms with van der Waals surface area (Å²) in [6.07, 6.45) is 5.72. The first kappa shape index (κ1) is 21.6. The van der Waals surface area contributed by atoms with Crippen molar-refractivity contribution in [3.63, 3.8) is 0 Å². The van der Waals surface area contributed by atoms with Gasteiger partial charge < -0.3 is 20.5 Å². The molecule has 0 aliphatic carbocycles. The van der Waals surface area contributed by atoms with E-state index in [9.17, 15) is 9.59 Å². The van der Waals surface area contributed by atoms with Crippen LogP contribution in [0.4, 0.5) is 0 Å². The number of hydrogen-bond donors (Lipinski definition) is 3. The summed E-state index contributed by atoms with van der Waals surface area (Å²) >= 11 is 1.38. The number of para-hydroxylation sites is 1. The van der Waals surface area contributed by atoms with Crippen LogP contribution in [-0.4, -0.2) is 54.4 Å². The largest absolute Gasteiger partial charge is 0.361 e. The summed E-state index contributed by atoms with van der Waals surface area (Å²) in [6, 6.07) is 11.0. The molecule has 3 N–H and O–H groups in total. The van der Waals surface area contributed by atoms with Crippen molar-refractivity contribution in [3.05, 3.63) is 58.4 Å². The number of aromatic nitrogens is 1. The summed E-state index contributed by atoms with van der Waals surface area (Å²) in [5.74, 6) is 0.331. The average Bonchev–Trinajstić information content (AvgIpc) is 3.45. The molecule has 2 amide bonds. The maximum Gasteiger partial charge on any atom is 0.262 e. The molecule has 0 bridgehead atoms. The SMILES string of the molecule is CN1CCC(CCNC(=O)C(Cc2c[nH]c3ccccc23)NC(=O)c2cccs2)CC1. The summed E-state index contributed by atoms with van der Waals surface area (Å²) in [6.45, 7) is 2.89. The second-order valence-corrected chi connectivity index (χ2v) is 9.34. The summed E-state index contributed by atoms with van der Waals surface area (Å²) in [5.41, 5.74) is 2.06. The van der Waals surface area contributed by atoms with Crippen LogP contribution in [0.2, 0.25) is 0 Å². The summed E-state index contributed by atoms with van der Waals surface area (Å²) in [7, 11) is 2.16. The predicted molar refractivity (Wildman–Crippen MR) is 125 cm³/mol. The molecule has 2 aromatic heterocycles. The van der Waals surface area contributed by atoms with Gasteiger partial charge in [-0.05, 0) is 68.4 Å². The van der Waals surface area contributed by atoms with E-state index in [0.717, 1.165) is 36.0 Å². The van der Waals surface area contributed by atoms with Gasteiger partial charge in [0.1, 0.15) is 6.04 Å². The lowest BCUT2D eigenvalue weighted by atomic mass is 9.94. The van der Waals surface area contributed by atoms with Gasteiger partial charge in [0.05, 0.1) is 4.88 Å². The molecule has 1 fully saturated rings. The molecule has 1 aliphatic heterocycles. The van der Waals surface area contributed by atoms with Gasteiger partial charge in [-0.2, -0.15) is 0 Å². The Morgan fingerprint density at radius 1 is 1.19 bits per heavy atom. The number of carbonyl (C=O) groups excluding carboxylic acids is 2. The Morgan fingerprint density at radius 2 is 2.00 bits per heavy atom. The minimum Gasteiger partial charge on any atom is -0.361 e. The number of benzene rings is 1. The Kier molecular flexibility index (Phi) is 7.04. The lowest BCUT2D eigenvalue weighted by Crippen LogP contribution is -2.48. The number of H-pyrrole nitrogens is 1. The Morgan fingerprint density at radius 3 is 2.77 bits per heavy atom. The van der Waals surface area contributed by atoms with Crippen molar-refractivity contribution in [1.82, 2.24) is 20.5 Å². The monoisotopic (exact) mass is 438 g/mol. The van der Waals surface area contributed by atoms with Crippen LogP contribution in [0.1, 0.15) is 34.5 Å². The summed E-state index contributed by atoms with van der Waals surface area (Å²) in [5, 5.41) is 8.98. The Hall–Kier alpha value is -2.64. The minimum atomic E-state index is -0.619. The predicted octanol–water partition coefficient (Wildman–Crippen LogP) is 3.42. The number of nitrogens with one attached hydrogen (secondary N) is 3. The lowest BCUT2D eigenvalue weighted by Gasteiger charge is -2.29. The number of rotatable bonds is 8. The molecule has 1 saturated heterocycles. The van der Waals surface area contributed by atoms with Crippen molar-refractivity contribution < 1.29 is 9.59 Å². The normalized spacial score (nSPS) is 16.3. The van der Waals surface area contributed by atoms with Gasteiger partial charge in [-0.15, -0.1) is 11.3 Å². The Bertz CT molecular complexity index is 1010. The maximum absolute atomic E-state index is 13.1. The highest BCUT2D eigenvalue weighted by atomic mass is 32.1. The molecule has 1 aliphatic rings. The van der Waals surface area contributed by atoms with E-state index in [4.69, 9.17) is 0 Å². The van der Waals surface area contributed by atoms with Crippen molar-refractivity contribution in [3.8, 4) is 0 Å². The van der Waals surface area contributed by atoms with Crippen LogP contribution in [0.5, 0.6) is 0 Å². The van der Waals surface area contributed by atoms with Crippen LogP contribution >= 0.6 is 11.3 Å². The molecule has 1 unspecified atom stereocenters. The number of aromatic amines is 1. The lowest BCUT2D eigenvalue weighted by molar-refractivity contribution is -0.123. The molecule has 6 nitrogen and oxygen atoms in total. The van der Waals surface area contributed by atoms with Gasteiger partial charge in [0.25, 0.3) is 5.91 Å². The van der Waals surface area contributed by atoms with Crippen molar-refractivity contribution in [2.24, 2.45) is 5.92 Å². The molecular weight excluding hydrogens is 408 g/mol. The van der Waals surface area contributed by atoms with E-state index in [2.05, 4.69) is 27.6 Å². The highest BCUT2D eigenvalue weighted by Gasteiger charge is 2.24. The molecule has 1 atom stereocenters.